The van der Waals surface area contributed by atoms with Gasteiger partial charge >= 0.3 is 6.03 Å². The first-order valence-electron chi connectivity index (χ1n) is 6.99. The highest BCUT2D eigenvalue weighted by Crippen LogP contribution is 2.35. The second-order valence-electron chi connectivity index (χ2n) is 5.47. The Kier molecular flexibility index (Phi) is 3.19. The number of benzene rings is 1. The maximum absolute atomic E-state index is 12.6. The van der Waals surface area contributed by atoms with Crippen LogP contribution in [0.3, 0.4) is 0 Å². The summed E-state index contributed by atoms with van der Waals surface area (Å²) in [5.74, 6) is 0. The predicted octanol–water partition coefficient (Wildman–Crippen LogP) is 2.84. The molecule has 0 unspecified atom stereocenters. The van der Waals surface area contributed by atoms with Crippen LogP contribution in [-0.2, 0) is 4.74 Å². The van der Waals surface area contributed by atoms with Crippen LogP contribution in [0.4, 0.5) is 10.5 Å². The minimum Gasteiger partial charge on any atom is -0.353 e. The fourth-order valence-corrected chi connectivity index (χ4v) is 3.02. The van der Waals surface area contributed by atoms with Crippen LogP contribution in [0.15, 0.2) is 30.3 Å². The molecule has 102 valence electrons. The number of hydrogen-bond acceptors (Lipinski definition) is 2. The summed E-state index contributed by atoms with van der Waals surface area (Å²) < 4.78 is 6.03. The minimum atomic E-state index is -0.155. The number of nitrogens with zero attached hydrogens (tertiary/aromatic N) is 2. The van der Waals surface area contributed by atoms with Gasteiger partial charge in [0, 0.05) is 12.2 Å². The van der Waals surface area contributed by atoms with E-state index in [0.717, 1.165) is 25.1 Å². The lowest BCUT2D eigenvalue weighted by Gasteiger charge is -2.27. The van der Waals surface area contributed by atoms with Crippen molar-refractivity contribution in [2.24, 2.45) is 0 Å². The highest BCUT2D eigenvalue weighted by atomic mass is 16.5. The minimum absolute atomic E-state index is 0.0827. The molecular weight excluding hydrogens is 240 g/mol. The molecule has 2 heterocycles. The first-order valence-corrected chi connectivity index (χ1v) is 6.99. The molecule has 2 amide bonds. The van der Waals surface area contributed by atoms with Crippen molar-refractivity contribution in [3.8, 4) is 0 Å². The Morgan fingerprint density at radius 1 is 1.26 bits per heavy atom. The monoisotopic (exact) mass is 260 g/mol. The number of hydrogen-bond donors (Lipinski definition) is 0. The van der Waals surface area contributed by atoms with Gasteiger partial charge in [-0.2, -0.15) is 0 Å². The second kappa shape index (κ2) is 4.85. The van der Waals surface area contributed by atoms with E-state index in [4.69, 9.17) is 4.74 Å². The SMILES string of the molecule is CC(C)O[C@H]1[C@@H]2CCCN2C(=O)N1c1ccccc1. The molecule has 0 radical (unpaired) electrons. The summed E-state index contributed by atoms with van der Waals surface area (Å²) in [4.78, 5) is 16.3. The maximum Gasteiger partial charge on any atom is 0.327 e. The summed E-state index contributed by atoms with van der Waals surface area (Å²) in [6.07, 6.45) is 2.07. The van der Waals surface area contributed by atoms with E-state index in [9.17, 15) is 4.79 Å². The molecule has 0 aliphatic carbocycles. The van der Waals surface area contributed by atoms with Crippen LogP contribution in [0.2, 0.25) is 0 Å². The average molecular weight is 260 g/mol. The largest absolute Gasteiger partial charge is 0.353 e. The molecule has 2 atom stereocenters. The van der Waals surface area contributed by atoms with E-state index in [1.54, 1.807) is 0 Å². The maximum atomic E-state index is 12.6. The van der Waals surface area contributed by atoms with Gasteiger partial charge in [0.1, 0.15) is 0 Å². The molecule has 4 nitrogen and oxygen atoms in total. The van der Waals surface area contributed by atoms with Crippen LogP contribution in [0, 0.1) is 0 Å². The van der Waals surface area contributed by atoms with Crippen LogP contribution in [0.5, 0.6) is 0 Å². The van der Waals surface area contributed by atoms with Gasteiger partial charge in [0.05, 0.1) is 12.1 Å². The fourth-order valence-electron chi connectivity index (χ4n) is 3.02. The van der Waals surface area contributed by atoms with E-state index in [1.165, 1.54) is 0 Å². The Hall–Kier alpha value is -1.55. The Bertz CT molecular complexity index is 460. The molecule has 0 bridgehead atoms. The molecule has 2 fully saturated rings. The summed E-state index contributed by atoms with van der Waals surface area (Å²) in [6.45, 7) is 4.89. The lowest BCUT2D eigenvalue weighted by molar-refractivity contribution is -0.00477. The second-order valence-corrected chi connectivity index (χ2v) is 5.47. The van der Waals surface area contributed by atoms with Crippen molar-refractivity contribution in [1.82, 2.24) is 4.90 Å². The smallest absolute Gasteiger partial charge is 0.327 e. The number of amides is 2. The summed E-state index contributed by atoms with van der Waals surface area (Å²) >= 11 is 0. The van der Waals surface area contributed by atoms with E-state index in [1.807, 2.05) is 54.0 Å². The number of anilines is 1. The molecule has 3 rings (SSSR count). The highest BCUT2D eigenvalue weighted by molar-refractivity contribution is 5.95. The van der Waals surface area contributed by atoms with Gasteiger partial charge in [-0.25, -0.2) is 4.79 Å². The third-order valence-corrected chi connectivity index (χ3v) is 3.78. The molecule has 0 spiro atoms. The number of carbonyl (C=O) groups excluding carboxylic acids is 1. The van der Waals surface area contributed by atoms with E-state index >= 15 is 0 Å². The predicted molar refractivity (Wildman–Crippen MR) is 74.1 cm³/mol. The lowest BCUT2D eigenvalue weighted by atomic mass is 10.2. The summed E-state index contributed by atoms with van der Waals surface area (Å²) in [6, 6.07) is 10.1. The van der Waals surface area contributed by atoms with E-state index < -0.39 is 0 Å². The van der Waals surface area contributed by atoms with Gasteiger partial charge in [0.2, 0.25) is 0 Å². The van der Waals surface area contributed by atoms with Gasteiger partial charge in [-0.3, -0.25) is 4.90 Å². The van der Waals surface area contributed by atoms with Crippen LogP contribution in [-0.4, -0.2) is 35.8 Å². The molecule has 2 saturated heterocycles. The highest BCUT2D eigenvalue weighted by Gasteiger charge is 2.49. The Labute approximate surface area is 113 Å². The molecule has 0 N–H and O–H groups in total. The fraction of sp³-hybridized carbons (Fsp3) is 0.533. The third-order valence-electron chi connectivity index (χ3n) is 3.78. The summed E-state index contributed by atoms with van der Waals surface area (Å²) in [5.41, 5.74) is 0.924. The molecule has 19 heavy (non-hydrogen) atoms. The van der Waals surface area contributed by atoms with E-state index in [0.29, 0.717) is 0 Å². The normalized spacial score (nSPS) is 26.4. The zero-order valence-corrected chi connectivity index (χ0v) is 11.5. The van der Waals surface area contributed by atoms with Crippen molar-refractivity contribution in [3.63, 3.8) is 0 Å². The Morgan fingerprint density at radius 2 is 2.00 bits per heavy atom. The zero-order valence-electron chi connectivity index (χ0n) is 11.5. The quantitative estimate of drug-likeness (QED) is 0.837. The number of para-hydroxylation sites is 1. The van der Waals surface area contributed by atoms with Gasteiger partial charge in [-0.15, -0.1) is 0 Å². The van der Waals surface area contributed by atoms with Gasteiger partial charge < -0.3 is 9.64 Å². The first kappa shape index (κ1) is 12.5. The molecular formula is C15H20N2O2. The molecule has 1 aromatic rings. The van der Waals surface area contributed by atoms with Crippen molar-refractivity contribution in [2.75, 3.05) is 11.4 Å². The summed E-state index contributed by atoms with van der Waals surface area (Å²) in [5, 5.41) is 0. The topological polar surface area (TPSA) is 32.8 Å². The molecule has 0 aromatic heterocycles. The van der Waals surface area contributed by atoms with Gasteiger partial charge in [-0.1, -0.05) is 18.2 Å². The number of carbonyl (C=O) groups is 1. The van der Waals surface area contributed by atoms with Crippen molar-refractivity contribution >= 4 is 11.7 Å². The molecule has 4 heteroatoms. The number of rotatable bonds is 3. The van der Waals surface area contributed by atoms with Gasteiger partial charge in [0.25, 0.3) is 0 Å². The van der Waals surface area contributed by atoms with Crippen molar-refractivity contribution in [3.05, 3.63) is 30.3 Å². The average Bonchev–Trinajstić information content (AvgIpc) is 2.95. The standard InChI is InChI=1S/C15H20N2O2/c1-11(2)19-14-13-9-6-10-16(13)15(18)17(14)12-7-4-3-5-8-12/h3-5,7-8,11,13-14H,6,9-10H2,1-2H3/t13-,14-/m0/s1. The molecule has 2 aliphatic rings. The van der Waals surface area contributed by atoms with E-state index in [-0.39, 0.29) is 24.4 Å². The molecule has 0 saturated carbocycles. The number of fused-ring (bicyclic) bond motifs is 1. The van der Waals surface area contributed by atoms with E-state index in [2.05, 4.69) is 0 Å². The third kappa shape index (κ3) is 2.10. The van der Waals surface area contributed by atoms with Gasteiger partial charge in [-0.05, 0) is 38.8 Å². The van der Waals surface area contributed by atoms with Crippen LogP contribution >= 0.6 is 0 Å². The van der Waals surface area contributed by atoms with Gasteiger partial charge in [0.15, 0.2) is 6.23 Å². The summed E-state index contributed by atoms with van der Waals surface area (Å²) in [7, 11) is 0. The van der Waals surface area contributed by atoms with Crippen molar-refractivity contribution in [1.29, 1.82) is 0 Å². The first-order chi connectivity index (χ1) is 9.18. The number of ether oxygens (including phenoxy) is 1. The Morgan fingerprint density at radius 3 is 2.68 bits per heavy atom. The zero-order chi connectivity index (χ0) is 13.4. The Balaban J connectivity index is 1.94. The lowest BCUT2D eigenvalue weighted by Crippen LogP contribution is -2.40. The number of urea groups is 1. The van der Waals surface area contributed by atoms with Crippen LogP contribution in [0.25, 0.3) is 0 Å². The molecule has 2 aliphatic heterocycles. The van der Waals surface area contributed by atoms with Crippen molar-refractivity contribution < 1.29 is 9.53 Å². The molecule has 1 aromatic carbocycles. The van der Waals surface area contributed by atoms with Crippen LogP contribution < -0.4 is 4.90 Å². The van der Waals surface area contributed by atoms with Crippen LogP contribution in [0.1, 0.15) is 26.7 Å². The van der Waals surface area contributed by atoms with Crippen molar-refractivity contribution in [2.45, 2.75) is 45.1 Å².